The molecule has 1 aromatic rings. The van der Waals surface area contributed by atoms with Gasteiger partial charge >= 0.3 is 0 Å². The van der Waals surface area contributed by atoms with Crippen LogP contribution in [0.5, 0.6) is 0 Å². The lowest BCUT2D eigenvalue weighted by molar-refractivity contribution is 0.0827. The van der Waals surface area contributed by atoms with E-state index >= 15 is 0 Å². The summed E-state index contributed by atoms with van der Waals surface area (Å²) in [6.07, 6.45) is 5.57. The van der Waals surface area contributed by atoms with Gasteiger partial charge in [-0.2, -0.15) is 0 Å². The normalized spacial score (nSPS) is 16.5. The molecule has 2 heterocycles. The highest BCUT2D eigenvalue weighted by Crippen LogP contribution is 2.25. The van der Waals surface area contributed by atoms with E-state index in [1.54, 1.807) is 31.3 Å². The number of aliphatic imine (C=N–C) groups is 2. The maximum absolute atomic E-state index is 12.1. The molecule has 0 saturated heterocycles. The second kappa shape index (κ2) is 5.48. The number of rotatable bonds is 2. The van der Waals surface area contributed by atoms with Crippen LogP contribution in [0.1, 0.15) is 15.9 Å². The van der Waals surface area contributed by atoms with Crippen molar-refractivity contribution in [1.82, 2.24) is 9.80 Å². The smallest absolute Gasteiger partial charge is 0.253 e. The molecule has 1 amide bonds. The molecule has 0 fully saturated rings. The molecule has 1 aromatic carbocycles. The van der Waals surface area contributed by atoms with E-state index < -0.39 is 0 Å². The first kappa shape index (κ1) is 14.1. The zero-order valence-corrected chi connectivity index (χ0v) is 12.5. The van der Waals surface area contributed by atoms with Gasteiger partial charge in [0, 0.05) is 31.4 Å². The summed E-state index contributed by atoms with van der Waals surface area (Å²) in [5, 5.41) is 0. The lowest BCUT2D eigenvalue weighted by Crippen LogP contribution is -2.40. The summed E-state index contributed by atoms with van der Waals surface area (Å²) in [4.78, 5) is 24.2. The van der Waals surface area contributed by atoms with Gasteiger partial charge in [-0.15, -0.1) is 0 Å². The van der Waals surface area contributed by atoms with Crippen LogP contribution in [0, 0.1) is 0 Å². The van der Waals surface area contributed by atoms with E-state index in [2.05, 4.69) is 9.98 Å². The van der Waals surface area contributed by atoms with E-state index in [-0.39, 0.29) is 5.91 Å². The van der Waals surface area contributed by atoms with Crippen LogP contribution in [-0.4, -0.2) is 48.0 Å². The molecule has 0 unspecified atom stereocenters. The van der Waals surface area contributed by atoms with Crippen LogP contribution >= 0.6 is 0 Å². The molecule has 0 bridgehead atoms. The van der Waals surface area contributed by atoms with Gasteiger partial charge in [-0.3, -0.25) is 14.7 Å². The number of carbonyl (C=O) groups is 1. The fraction of sp³-hybridized carbons (Fsp3) is 0.188. The topological polar surface area (TPSA) is 74.3 Å². The molecule has 2 aliphatic heterocycles. The van der Waals surface area contributed by atoms with Crippen LogP contribution in [0.15, 0.2) is 52.7 Å². The Morgan fingerprint density at radius 1 is 1.36 bits per heavy atom. The van der Waals surface area contributed by atoms with Gasteiger partial charge in [-0.05, 0) is 18.2 Å². The van der Waals surface area contributed by atoms with Crippen molar-refractivity contribution in [2.45, 2.75) is 0 Å². The van der Waals surface area contributed by atoms with E-state index in [4.69, 9.17) is 5.73 Å². The minimum absolute atomic E-state index is 0.0376. The molecule has 6 heteroatoms. The predicted octanol–water partition coefficient (Wildman–Crippen LogP) is 1.29. The van der Waals surface area contributed by atoms with Crippen LogP contribution in [0.25, 0.3) is 5.70 Å². The second-order valence-electron chi connectivity index (χ2n) is 5.23. The maximum Gasteiger partial charge on any atom is 0.253 e. The van der Waals surface area contributed by atoms with Gasteiger partial charge in [0.25, 0.3) is 5.91 Å². The molecule has 2 aliphatic rings. The standard InChI is InChI=1S/C16H17N5O/c1-20(2)16(22)12-6-3-5-11(9-12)13-10-19-14(17)15-18-7-4-8-21(13)15/h3-6,8-10H,7H2,1-2H3,(H2,17,19). The summed E-state index contributed by atoms with van der Waals surface area (Å²) in [6, 6.07) is 7.45. The highest BCUT2D eigenvalue weighted by molar-refractivity contribution is 6.42. The number of fused-ring (bicyclic) bond motifs is 1. The van der Waals surface area contributed by atoms with Crippen molar-refractivity contribution < 1.29 is 4.79 Å². The molecule has 0 radical (unpaired) electrons. The predicted molar refractivity (Wildman–Crippen MR) is 87.3 cm³/mol. The maximum atomic E-state index is 12.1. The van der Waals surface area contributed by atoms with Gasteiger partial charge in [-0.25, -0.2) is 4.99 Å². The Hall–Kier alpha value is -2.89. The third kappa shape index (κ3) is 2.39. The summed E-state index contributed by atoms with van der Waals surface area (Å²) < 4.78 is 0. The number of carbonyl (C=O) groups excluding carboxylic acids is 1. The molecule has 6 nitrogen and oxygen atoms in total. The van der Waals surface area contributed by atoms with E-state index in [1.807, 2.05) is 35.4 Å². The molecule has 22 heavy (non-hydrogen) atoms. The van der Waals surface area contributed by atoms with Crippen molar-refractivity contribution in [1.29, 1.82) is 0 Å². The van der Waals surface area contributed by atoms with Crippen molar-refractivity contribution in [2.24, 2.45) is 15.7 Å². The number of hydrogen-bond donors (Lipinski definition) is 1. The Labute approximate surface area is 129 Å². The van der Waals surface area contributed by atoms with Crippen LogP contribution in [0.4, 0.5) is 0 Å². The van der Waals surface area contributed by atoms with Crippen LogP contribution in [-0.2, 0) is 0 Å². The lowest BCUT2D eigenvalue weighted by atomic mass is 10.1. The average molecular weight is 295 g/mol. The van der Waals surface area contributed by atoms with Crippen LogP contribution < -0.4 is 5.73 Å². The monoisotopic (exact) mass is 295 g/mol. The third-order valence-electron chi connectivity index (χ3n) is 3.46. The fourth-order valence-electron chi connectivity index (χ4n) is 2.37. The first-order valence-electron chi connectivity index (χ1n) is 6.94. The fourth-order valence-corrected chi connectivity index (χ4v) is 2.37. The number of amidine groups is 2. The Balaban J connectivity index is 2.02. The Morgan fingerprint density at radius 2 is 2.18 bits per heavy atom. The SMILES string of the molecule is CN(C)C(=O)c1cccc(C2=CN=C(N)C3=NCC=CN23)c1. The van der Waals surface area contributed by atoms with E-state index in [0.29, 0.717) is 23.8 Å². The molecule has 0 saturated carbocycles. The highest BCUT2D eigenvalue weighted by atomic mass is 16.2. The van der Waals surface area contributed by atoms with Gasteiger partial charge in [0.15, 0.2) is 11.7 Å². The van der Waals surface area contributed by atoms with Gasteiger partial charge in [0.2, 0.25) is 0 Å². The molecule has 0 aliphatic carbocycles. The zero-order chi connectivity index (χ0) is 15.7. The minimum atomic E-state index is -0.0376. The van der Waals surface area contributed by atoms with Gasteiger partial charge in [-0.1, -0.05) is 12.1 Å². The Morgan fingerprint density at radius 3 is 2.95 bits per heavy atom. The van der Waals surface area contributed by atoms with Gasteiger partial charge < -0.3 is 10.6 Å². The molecule has 0 spiro atoms. The first-order chi connectivity index (χ1) is 10.6. The van der Waals surface area contributed by atoms with Crippen molar-refractivity contribution >= 4 is 23.3 Å². The first-order valence-corrected chi connectivity index (χ1v) is 6.94. The van der Waals surface area contributed by atoms with Crippen molar-refractivity contribution in [3.05, 3.63) is 53.9 Å². The largest absolute Gasteiger partial charge is 0.381 e. The molecule has 112 valence electrons. The van der Waals surface area contributed by atoms with Crippen molar-refractivity contribution in [3.8, 4) is 0 Å². The summed E-state index contributed by atoms with van der Waals surface area (Å²) in [5.41, 5.74) is 8.25. The average Bonchev–Trinajstić information content (AvgIpc) is 2.55. The van der Waals surface area contributed by atoms with Gasteiger partial charge in [0.05, 0.1) is 18.4 Å². The summed E-state index contributed by atoms with van der Waals surface area (Å²) in [5.74, 6) is 1.00. The number of nitrogens with zero attached hydrogens (tertiary/aromatic N) is 4. The summed E-state index contributed by atoms with van der Waals surface area (Å²) in [7, 11) is 3.47. The van der Waals surface area contributed by atoms with E-state index in [0.717, 1.165) is 11.3 Å². The second-order valence-corrected chi connectivity index (χ2v) is 5.23. The Bertz CT molecular complexity index is 743. The van der Waals surface area contributed by atoms with Crippen molar-refractivity contribution in [2.75, 3.05) is 20.6 Å². The lowest BCUT2D eigenvalue weighted by Gasteiger charge is -2.29. The molecule has 0 aromatic heterocycles. The number of hydrogen-bond acceptors (Lipinski definition) is 5. The van der Waals surface area contributed by atoms with E-state index in [1.165, 1.54) is 0 Å². The van der Waals surface area contributed by atoms with E-state index in [9.17, 15) is 4.79 Å². The summed E-state index contributed by atoms with van der Waals surface area (Å²) >= 11 is 0. The molecule has 0 atom stereocenters. The molecule has 2 N–H and O–H groups in total. The molecular weight excluding hydrogens is 278 g/mol. The number of amides is 1. The Kier molecular flexibility index (Phi) is 3.50. The van der Waals surface area contributed by atoms with Gasteiger partial charge in [0.1, 0.15) is 0 Å². The molecular formula is C16H17N5O. The van der Waals surface area contributed by atoms with Crippen molar-refractivity contribution in [3.63, 3.8) is 0 Å². The minimum Gasteiger partial charge on any atom is -0.381 e. The third-order valence-corrected chi connectivity index (χ3v) is 3.46. The summed E-state index contributed by atoms with van der Waals surface area (Å²) in [6.45, 7) is 0.592. The number of benzene rings is 1. The van der Waals surface area contributed by atoms with Crippen LogP contribution in [0.3, 0.4) is 0 Å². The number of nitrogens with two attached hydrogens (primary N) is 1. The zero-order valence-electron chi connectivity index (χ0n) is 12.5. The highest BCUT2D eigenvalue weighted by Gasteiger charge is 2.24. The van der Waals surface area contributed by atoms with Crippen LogP contribution in [0.2, 0.25) is 0 Å². The molecule has 3 rings (SSSR count). The quantitative estimate of drug-likeness (QED) is 0.893.